The van der Waals surface area contributed by atoms with Crippen LogP contribution in [0.4, 0.5) is 5.69 Å². The molecule has 2 N–H and O–H groups in total. The zero-order valence-electron chi connectivity index (χ0n) is 13.6. The second-order valence-corrected chi connectivity index (χ2v) is 6.01. The van der Waals surface area contributed by atoms with Crippen molar-refractivity contribution < 1.29 is 9.90 Å². The Morgan fingerprint density at radius 1 is 1.28 bits per heavy atom. The summed E-state index contributed by atoms with van der Waals surface area (Å²) >= 11 is 6.20. The molecule has 0 unspecified atom stereocenters. The monoisotopic (exact) mass is 356 g/mol. The topological polar surface area (TPSA) is 82.1 Å². The molecule has 1 aromatic carbocycles. The fraction of sp³-hybridized carbons (Fsp3) is 0.167. The minimum Gasteiger partial charge on any atom is -0.478 e. The van der Waals surface area contributed by atoms with Gasteiger partial charge < -0.3 is 15.0 Å². The Morgan fingerprint density at radius 3 is 2.84 bits per heavy atom. The van der Waals surface area contributed by atoms with Crippen molar-refractivity contribution in [3.63, 3.8) is 0 Å². The predicted molar refractivity (Wildman–Crippen MR) is 97.2 cm³/mol. The largest absolute Gasteiger partial charge is 0.478 e. The zero-order chi connectivity index (χ0) is 17.8. The first-order chi connectivity index (χ1) is 12.0. The van der Waals surface area contributed by atoms with Crippen LogP contribution < -0.4 is 4.90 Å². The van der Waals surface area contributed by atoms with Crippen LogP contribution in [0.15, 0.2) is 48.8 Å². The molecule has 0 aliphatic carbocycles. The van der Waals surface area contributed by atoms with Crippen LogP contribution in [0.2, 0.25) is 5.02 Å². The molecule has 2 heterocycles. The van der Waals surface area contributed by atoms with Gasteiger partial charge in [-0.2, -0.15) is 0 Å². The molecule has 128 valence electrons. The number of halogens is 1. The maximum absolute atomic E-state index is 11.1. The van der Waals surface area contributed by atoms with Crippen LogP contribution in [0.1, 0.15) is 16.2 Å². The average molecular weight is 357 g/mol. The van der Waals surface area contributed by atoms with Gasteiger partial charge in [-0.3, -0.25) is 4.98 Å². The molecule has 0 amide bonds. The predicted octanol–water partition coefficient (Wildman–Crippen LogP) is 3.50. The van der Waals surface area contributed by atoms with Crippen molar-refractivity contribution in [3.05, 3.63) is 65.2 Å². The Labute approximate surface area is 150 Å². The van der Waals surface area contributed by atoms with Crippen LogP contribution in [-0.2, 0) is 6.42 Å². The summed E-state index contributed by atoms with van der Waals surface area (Å²) in [5, 5.41) is 9.78. The van der Waals surface area contributed by atoms with Gasteiger partial charge >= 0.3 is 5.97 Å². The number of carboxylic acids is 1. The summed E-state index contributed by atoms with van der Waals surface area (Å²) < 4.78 is 0. The number of rotatable bonds is 6. The number of nitrogens with zero attached hydrogens (tertiary/aromatic N) is 3. The normalized spacial score (nSPS) is 10.6. The molecule has 0 bridgehead atoms. The number of aromatic amines is 1. The Bertz CT molecular complexity index is 894. The van der Waals surface area contributed by atoms with Crippen molar-refractivity contribution in [3.8, 4) is 11.4 Å². The summed E-state index contributed by atoms with van der Waals surface area (Å²) in [6.07, 6.45) is 3.84. The standard InChI is InChI=1S/C18H17ClN4O2/c1-23(16-5-3-2-4-13(16)19)9-7-17-21-11-15(22-17)14-10-12(18(24)25)6-8-20-14/h2-6,8,10-11H,7,9H2,1H3,(H,21,22)(H,24,25). The smallest absolute Gasteiger partial charge is 0.335 e. The number of H-pyrrole nitrogens is 1. The second-order valence-electron chi connectivity index (χ2n) is 5.60. The third kappa shape index (κ3) is 3.97. The third-order valence-corrected chi connectivity index (χ3v) is 4.18. The van der Waals surface area contributed by atoms with Crippen LogP contribution >= 0.6 is 11.6 Å². The third-order valence-electron chi connectivity index (χ3n) is 3.86. The molecule has 0 saturated carbocycles. The lowest BCUT2D eigenvalue weighted by Gasteiger charge is -2.19. The van der Waals surface area contributed by atoms with Crippen molar-refractivity contribution in [2.45, 2.75) is 6.42 Å². The number of imidazole rings is 1. The molecule has 0 aliphatic heterocycles. The molecule has 3 rings (SSSR count). The molecule has 7 heteroatoms. The lowest BCUT2D eigenvalue weighted by Crippen LogP contribution is -2.20. The quantitative estimate of drug-likeness (QED) is 0.706. The number of pyridine rings is 1. The van der Waals surface area contributed by atoms with Crippen molar-refractivity contribution in [1.29, 1.82) is 0 Å². The summed E-state index contributed by atoms with van der Waals surface area (Å²) in [6, 6.07) is 10.7. The van der Waals surface area contributed by atoms with E-state index >= 15 is 0 Å². The van der Waals surface area contributed by atoms with E-state index in [1.165, 1.54) is 18.3 Å². The van der Waals surface area contributed by atoms with Gasteiger partial charge in [-0.05, 0) is 24.3 Å². The van der Waals surface area contributed by atoms with Crippen LogP contribution in [0.3, 0.4) is 0 Å². The lowest BCUT2D eigenvalue weighted by molar-refractivity contribution is 0.0697. The highest BCUT2D eigenvalue weighted by atomic mass is 35.5. The van der Waals surface area contributed by atoms with Gasteiger partial charge in [0.1, 0.15) is 5.82 Å². The summed E-state index contributed by atoms with van der Waals surface area (Å²) in [4.78, 5) is 24.9. The van der Waals surface area contributed by atoms with E-state index in [0.29, 0.717) is 22.8 Å². The highest BCUT2D eigenvalue weighted by molar-refractivity contribution is 6.33. The van der Waals surface area contributed by atoms with Crippen molar-refractivity contribution in [1.82, 2.24) is 15.0 Å². The van der Waals surface area contributed by atoms with E-state index in [2.05, 4.69) is 19.9 Å². The molecule has 0 fully saturated rings. The molecule has 0 atom stereocenters. The molecule has 3 aromatic rings. The average Bonchev–Trinajstić information content (AvgIpc) is 3.09. The minimum absolute atomic E-state index is 0.194. The number of aromatic carboxylic acids is 1. The van der Waals surface area contributed by atoms with Gasteiger partial charge in [0.05, 0.1) is 33.9 Å². The fourth-order valence-electron chi connectivity index (χ4n) is 2.49. The molecular formula is C18H17ClN4O2. The summed E-state index contributed by atoms with van der Waals surface area (Å²) in [5.41, 5.74) is 2.41. The van der Waals surface area contributed by atoms with Crippen LogP contribution in [0, 0.1) is 0 Å². The number of likely N-dealkylation sites (N-methyl/N-ethyl adjacent to an activating group) is 1. The minimum atomic E-state index is -0.982. The number of anilines is 1. The van der Waals surface area contributed by atoms with E-state index < -0.39 is 5.97 Å². The van der Waals surface area contributed by atoms with E-state index in [1.807, 2.05) is 31.3 Å². The van der Waals surface area contributed by atoms with Gasteiger partial charge in [0.2, 0.25) is 0 Å². The number of benzene rings is 1. The Hall–Kier alpha value is -2.86. The molecule has 25 heavy (non-hydrogen) atoms. The Balaban J connectivity index is 1.69. The molecule has 6 nitrogen and oxygen atoms in total. The summed E-state index contributed by atoms with van der Waals surface area (Å²) in [7, 11) is 1.98. The van der Waals surface area contributed by atoms with Crippen molar-refractivity contribution in [2.24, 2.45) is 0 Å². The Kier molecular flexibility index (Phi) is 5.00. The number of hydrogen-bond donors (Lipinski definition) is 2. The van der Waals surface area contributed by atoms with E-state index in [1.54, 1.807) is 6.20 Å². The summed E-state index contributed by atoms with van der Waals surface area (Å²) in [6.45, 7) is 0.735. The summed E-state index contributed by atoms with van der Waals surface area (Å²) in [5.74, 6) is -0.179. The zero-order valence-corrected chi connectivity index (χ0v) is 14.4. The van der Waals surface area contributed by atoms with Gasteiger partial charge in [0, 0.05) is 26.2 Å². The lowest BCUT2D eigenvalue weighted by atomic mass is 10.2. The van der Waals surface area contributed by atoms with Gasteiger partial charge in [0.25, 0.3) is 0 Å². The molecule has 0 radical (unpaired) electrons. The number of nitrogens with one attached hydrogen (secondary N) is 1. The SMILES string of the molecule is CN(CCc1ncc(-c2cc(C(=O)O)ccn2)[nH]1)c1ccccc1Cl. The molecule has 2 aromatic heterocycles. The first-order valence-electron chi connectivity index (χ1n) is 7.74. The molecule has 0 aliphatic rings. The van der Waals surface area contributed by atoms with Crippen molar-refractivity contribution >= 4 is 23.3 Å². The van der Waals surface area contributed by atoms with Crippen molar-refractivity contribution in [2.75, 3.05) is 18.5 Å². The highest BCUT2D eigenvalue weighted by Crippen LogP contribution is 2.24. The van der Waals surface area contributed by atoms with Gasteiger partial charge in [0.15, 0.2) is 0 Å². The highest BCUT2D eigenvalue weighted by Gasteiger charge is 2.10. The number of carboxylic acid groups (broad SMARTS) is 1. The van der Waals surface area contributed by atoms with Crippen LogP contribution in [-0.4, -0.2) is 39.6 Å². The van der Waals surface area contributed by atoms with Gasteiger partial charge in [-0.15, -0.1) is 0 Å². The first-order valence-corrected chi connectivity index (χ1v) is 8.11. The molecule has 0 saturated heterocycles. The van der Waals surface area contributed by atoms with Crippen LogP contribution in [0.25, 0.3) is 11.4 Å². The Morgan fingerprint density at radius 2 is 2.08 bits per heavy atom. The van der Waals surface area contributed by atoms with E-state index in [4.69, 9.17) is 16.7 Å². The number of aromatic nitrogens is 3. The molecule has 0 spiro atoms. The van der Waals surface area contributed by atoms with E-state index in [9.17, 15) is 4.79 Å². The van der Waals surface area contributed by atoms with Gasteiger partial charge in [-0.1, -0.05) is 23.7 Å². The van der Waals surface area contributed by atoms with E-state index in [0.717, 1.165) is 18.1 Å². The maximum atomic E-state index is 11.1. The maximum Gasteiger partial charge on any atom is 0.335 e. The molecular weight excluding hydrogens is 340 g/mol. The van der Waals surface area contributed by atoms with E-state index in [-0.39, 0.29) is 5.56 Å². The second kappa shape index (κ2) is 7.36. The van der Waals surface area contributed by atoms with Crippen LogP contribution in [0.5, 0.6) is 0 Å². The number of carbonyl (C=O) groups is 1. The first kappa shape index (κ1) is 17.0. The number of para-hydroxylation sites is 1. The van der Waals surface area contributed by atoms with Gasteiger partial charge in [-0.25, -0.2) is 9.78 Å². The fourth-order valence-corrected chi connectivity index (χ4v) is 2.77. The number of hydrogen-bond acceptors (Lipinski definition) is 4.